The van der Waals surface area contributed by atoms with E-state index in [0.717, 1.165) is 0 Å². The van der Waals surface area contributed by atoms with E-state index in [2.05, 4.69) is 10.4 Å². The van der Waals surface area contributed by atoms with Gasteiger partial charge in [-0.15, -0.1) is 0 Å². The molecule has 7 heteroatoms. The van der Waals surface area contributed by atoms with Gasteiger partial charge in [0.15, 0.2) is 18.2 Å². The second kappa shape index (κ2) is 4.58. The Morgan fingerprint density at radius 2 is 1.71 bits per heavy atom. The highest BCUT2D eigenvalue weighted by atomic mass is 35.5. The van der Waals surface area contributed by atoms with Crippen molar-refractivity contribution < 1.29 is 17.8 Å². The molecule has 0 N–H and O–H groups in total. The summed E-state index contributed by atoms with van der Waals surface area (Å²) in [5, 5.41) is -0.666. The molecule has 88 valence electrons. The van der Waals surface area contributed by atoms with Crippen LogP contribution in [0.3, 0.4) is 0 Å². The lowest BCUT2D eigenvalue weighted by molar-refractivity contribution is -0.619. The minimum absolute atomic E-state index is 0.632. The maximum Gasteiger partial charge on any atom is 0.250 e. The molecule has 2 heterocycles. The average Bonchev–Trinajstić information content (AvgIpc) is 2.33. The summed E-state index contributed by atoms with van der Waals surface area (Å²) in [7, 11) is 0. The Balaban J connectivity index is 2.46. The van der Waals surface area contributed by atoms with Crippen molar-refractivity contribution in [2.45, 2.75) is 0 Å². The molecule has 0 aliphatic rings. The zero-order valence-electron chi connectivity index (χ0n) is 8.24. The minimum atomic E-state index is -1.58. The standard InChI is InChI=1S/C10H5ClF3N3/c11-6-8(7(12)10(14)15-9(6)13)16-17-4-2-1-3-5-17/h1-5H. The first-order chi connectivity index (χ1) is 8.09. The predicted octanol–water partition coefficient (Wildman–Crippen LogP) is 2.91. The van der Waals surface area contributed by atoms with Gasteiger partial charge in [0.25, 0.3) is 5.95 Å². The molecule has 0 aromatic carbocycles. The molecule has 0 atom stereocenters. The van der Waals surface area contributed by atoms with Gasteiger partial charge < -0.3 is 5.43 Å². The molecule has 0 radical (unpaired) electrons. The van der Waals surface area contributed by atoms with Crippen LogP contribution in [0.4, 0.5) is 18.9 Å². The van der Waals surface area contributed by atoms with Crippen LogP contribution in [0.5, 0.6) is 0 Å². The average molecular weight is 260 g/mol. The van der Waals surface area contributed by atoms with Gasteiger partial charge in [-0.25, -0.2) is 9.07 Å². The molecule has 0 spiro atoms. The van der Waals surface area contributed by atoms with E-state index in [0.29, 0.717) is 0 Å². The van der Waals surface area contributed by atoms with Crippen molar-refractivity contribution in [3.05, 3.63) is 58.8 Å². The molecule has 0 amide bonds. The highest BCUT2D eigenvalue weighted by molar-refractivity contribution is 6.33. The second-order valence-corrected chi connectivity index (χ2v) is 3.40. The summed E-state index contributed by atoms with van der Waals surface area (Å²) in [5.41, 5.74) is 3.02. The second-order valence-electron chi connectivity index (χ2n) is 3.03. The number of hydrogen-bond acceptors (Lipinski definition) is 1. The fraction of sp³-hybridized carbons (Fsp3) is 0. The zero-order chi connectivity index (χ0) is 12.4. The molecular weight excluding hydrogens is 255 g/mol. The maximum atomic E-state index is 13.3. The first-order valence-electron chi connectivity index (χ1n) is 4.48. The van der Waals surface area contributed by atoms with Crippen molar-refractivity contribution in [3.63, 3.8) is 0 Å². The molecule has 0 aliphatic carbocycles. The van der Waals surface area contributed by atoms with Crippen molar-refractivity contribution in [1.82, 2.24) is 4.98 Å². The maximum absolute atomic E-state index is 13.3. The van der Waals surface area contributed by atoms with Crippen molar-refractivity contribution in [2.75, 3.05) is 0 Å². The van der Waals surface area contributed by atoms with Crippen LogP contribution in [0.15, 0.2) is 30.6 Å². The van der Waals surface area contributed by atoms with Crippen molar-refractivity contribution >= 4 is 17.3 Å². The molecule has 2 rings (SSSR count). The van der Waals surface area contributed by atoms with Crippen molar-refractivity contribution in [3.8, 4) is 0 Å². The largest absolute Gasteiger partial charge is 0.400 e. The van der Waals surface area contributed by atoms with Gasteiger partial charge in [-0.1, -0.05) is 17.7 Å². The summed E-state index contributed by atoms with van der Waals surface area (Å²) in [6.45, 7) is 0. The SMILES string of the molecule is Fc1nc(F)c(Cl)c([N-][n+]2ccccc2)c1F. The van der Waals surface area contributed by atoms with E-state index in [4.69, 9.17) is 11.6 Å². The molecule has 0 bridgehead atoms. The van der Waals surface area contributed by atoms with Gasteiger partial charge >= 0.3 is 0 Å². The van der Waals surface area contributed by atoms with Crippen LogP contribution in [-0.2, 0) is 0 Å². The molecule has 3 nitrogen and oxygen atoms in total. The van der Waals surface area contributed by atoms with E-state index < -0.39 is 28.4 Å². The molecule has 2 aromatic heterocycles. The number of pyridine rings is 2. The van der Waals surface area contributed by atoms with Gasteiger partial charge in [0.1, 0.15) is 0 Å². The Morgan fingerprint density at radius 1 is 1.06 bits per heavy atom. The summed E-state index contributed by atoms with van der Waals surface area (Å²) in [5.74, 6) is -4.28. The van der Waals surface area contributed by atoms with Crippen molar-refractivity contribution in [1.29, 1.82) is 0 Å². The smallest absolute Gasteiger partial charge is 0.250 e. The van der Waals surface area contributed by atoms with Crippen LogP contribution in [0, 0.1) is 17.7 Å². The summed E-state index contributed by atoms with van der Waals surface area (Å²) in [6.07, 6.45) is 2.93. The molecule has 0 unspecified atom stereocenters. The zero-order valence-corrected chi connectivity index (χ0v) is 9.00. The van der Waals surface area contributed by atoms with E-state index in [1.165, 1.54) is 17.1 Å². The summed E-state index contributed by atoms with van der Waals surface area (Å²) < 4.78 is 40.4. The van der Waals surface area contributed by atoms with Crippen LogP contribution < -0.4 is 4.68 Å². The van der Waals surface area contributed by atoms with Crippen molar-refractivity contribution in [2.24, 2.45) is 0 Å². The molecule has 0 saturated heterocycles. The topological polar surface area (TPSA) is 30.9 Å². The Bertz CT molecular complexity index is 522. The molecule has 2 aromatic rings. The number of hydrogen-bond donors (Lipinski definition) is 0. The lowest BCUT2D eigenvalue weighted by Crippen LogP contribution is -2.26. The number of rotatable bonds is 2. The fourth-order valence-electron chi connectivity index (χ4n) is 1.14. The fourth-order valence-corrected chi connectivity index (χ4v) is 1.30. The normalized spacial score (nSPS) is 10.4. The Morgan fingerprint density at radius 3 is 2.35 bits per heavy atom. The van der Waals surface area contributed by atoms with E-state index in [9.17, 15) is 13.2 Å². The highest BCUT2D eigenvalue weighted by Crippen LogP contribution is 2.32. The number of aromatic nitrogens is 2. The number of halogens is 4. The van der Waals surface area contributed by atoms with Gasteiger partial charge in [0.05, 0.1) is 5.02 Å². The Hall–Kier alpha value is -1.82. The lowest BCUT2D eigenvalue weighted by Gasteiger charge is -2.16. The molecular formula is C10H5ClF3N3. The monoisotopic (exact) mass is 259 g/mol. The van der Waals surface area contributed by atoms with E-state index in [1.807, 2.05) is 0 Å². The number of nitrogens with zero attached hydrogens (tertiary/aromatic N) is 3. The third-order valence-electron chi connectivity index (χ3n) is 1.89. The van der Waals surface area contributed by atoms with Gasteiger partial charge in [0, 0.05) is 12.1 Å². The summed E-state index contributed by atoms with van der Waals surface area (Å²) in [6, 6.07) is 4.93. The van der Waals surface area contributed by atoms with E-state index in [1.54, 1.807) is 18.2 Å². The highest BCUT2D eigenvalue weighted by Gasteiger charge is 2.15. The first-order valence-corrected chi connectivity index (χ1v) is 4.85. The van der Waals surface area contributed by atoms with Crippen LogP contribution in [0.1, 0.15) is 0 Å². The Labute approximate surface area is 99.5 Å². The third kappa shape index (κ3) is 2.31. The van der Waals surface area contributed by atoms with E-state index in [-0.39, 0.29) is 0 Å². The predicted molar refractivity (Wildman–Crippen MR) is 54.2 cm³/mol. The molecule has 0 saturated carbocycles. The first kappa shape index (κ1) is 11.7. The van der Waals surface area contributed by atoms with Crippen LogP contribution in [-0.4, -0.2) is 4.98 Å². The van der Waals surface area contributed by atoms with Crippen LogP contribution >= 0.6 is 11.6 Å². The van der Waals surface area contributed by atoms with Gasteiger partial charge in [-0.2, -0.15) is 13.8 Å². The molecule has 0 aliphatic heterocycles. The molecule has 0 fully saturated rings. The summed E-state index contributed by atoms with van der Waals surface area (Å²) in [4.78, 5) is 2.67. The lowest BCUT2D eigenvalue weighted by atomic mass is 10.4. The minimum Gasteiger partial charge on any atom is -0.400 e. The third-order valence-corrected chi connectivity index (χ3v) is 2.22. The van der Waals surface area contributed by atoms with Gasteiger partial charge in [0.2, 0.25) is 5.95 Å². The Kier molecular flexibility index (Phi) is 3.14. The quantitative estimate of drug-likeness (QED) is 0.603. The molecule has 17 heavy (non-hydrogen) atoms. The van der Waals surface area contributed by atoms with Gasteiger partial charge in [-0.3, -0.25) is 0 Å². The summed E-state index contributed by atoms with van der Waals surface area (Å²) >= 11 is 5.47. The van der Waals surface area contributed by atoms with Crippen LogP contribution in [0.25, 0.3) is 5.43 Å². The van der Waals surface area contributed by atoms with Gasteiger partial charge in [-0.05, 0) is 5.69 Å². The van der Waals surface area contributed by atoms with E-state index >= 15 is 0 Å². The van der Waals surface area contributed by atoms with Crippen LogP contribution in [0.2, 0.25) is 5.02 Å².